The summed E-state index contributed by atoms with van der Waals surface area (Å²) >= 11 is 0. The molecule has 0 spiro atoms. The molecule has 29 heavy (non-hydrogen) atoms. The quantitative estimate of drug-likeness (QED) is 0.357. The van der Waals surface area contributed by atoms with E-state index in [9.17, 15) is 9.90 Å². The molecule has 2 fully saturated rings. The third-order valence-electron chi connectivity index (χ3n) is 5.62. The summed E-state index contributed by atoms with van der Waals surface area (Å²) < 4.78 is 0. The SMILES string of the molecule is CCNC(=NCc1ccc(O)cc1)N1CCN(C(C)C(=O)N2CCCC2)CC1.I. The topological polar surface area (TPSA) is 71.4 Å². The van der Waals surface area contributed by atoms with Gasteiger partial charge in [0, 0.05) is 45.8 Å². The second-order valence-electron chi connectivity index (χ2n) is 7.57. The molecule has 2 aliphatic heterocycles. The zero-order valence-electron chi connectivity index (χ0n) is 17.5. The van der Waals surface area contributed by atoms with Crippen molar-refractivity contribution >= 4 is 35.8 Å². The molecule has 1 unspecified atom stereocenters. The number of hydrogen-bond donors (Lipinski definition) is 2. The van der Waals surface area contributed by atoms with E-state index in [1.54, 1.807) is 12.1 Å². The van der Waals surface area contributed by atoms with Gasteiger partial charge in [-0.15, -0.1) is 24.0 Å². The highest BCUT2D eigenvalue weighted by Crippen LogP contribution is 2.15. The van der Waals surface area contributed by atoms with Gasteiger partial charge in [0.05, 0.1) is 12.6 Å². The number of phenolic OH excluding ortho intramolecular Hbond substituents is 1. The first-order valence-corrected chi connectivity index (χ1v) is 10.4. The minimum Gasteiger partial charge on any atom is -0.508 e. The lowest BCUT2D eigenvalue weighted by Gasteiger charge is -2.39. The summed E-state index contributed by atoms with van der Waals surface area (Å²) in [6.07, 6.45) is 2.27. The van der Waals surface area contributed by atoms with Crippen molar-refractivity contribution in [1.82, 2.24) is 20.0 Å². The first kappa shape index (κ1) is 23.7. The zero-order chi connectivity index (χ0) is 19.9. The Morgan fingerprint density at radius 1 is 1.07 bits per heavy atom. The third kappa shape index (κ3) is 6.47. The van der Waals surface area contributed by atoms with Crippen LogP contribution in [0.3, 0.4) is 0 Å². The lowest BCUT2D eigenvalue weighted by molar-refractivity contribution is -0.135. The van der Waals surface area contributed by atoms with Crippen LogP contribution in [-0.2, 0) is 11.3 Å². The third-order valence-corrected chi connectivity index (χ3v) is 5.62. The monoisotopic (exact) mass is 515 g/mol. The highest BCUT2D eigenvalue weighted by molar-refractivity contribution is 14.0. The van der Waals surface area contributed by atoms with Crippen molar-refractivity contribution in [1.29, 1.82) is 0 Å². The summed E-state index contributed by atoms with van der Waals surface area (Å²) in [4.78, 5) is 24.0. The van der Waals surface area contributed by atoms with Crippen LogP contribution in [0.25, 0.3) is 0 Å². The molecule has 0 saturated carbocycles. The molecule has 0 aliphatic carbocycles. The molecule has 2 aliphatic rings. The predicted octanol–water partition coefficient (Wildman–Crippen LogP) is 2.10. The van der Waals surface area contributed by atoms with Crippen molar-refractivity contribution in [3.8, 4) is 5.75 Å². The molecular formula is C21H34IN5O2. The molecule has 2 N–H and O–H groups in total. The number of hydrogen-bond acceptors (Lipinski definition) is 4. The van der Waals surface area contributed by atoms with Crippen molar-refractivity contribution in [2.45, 2.75) is 39.3 Å². The number of carbonyl (C=O) groups excluding carboxylic acids is 1. The molecule has 162 valence electrons. The van der Waals surface area contributed by atoms with Gasteiger partial charge in [-0.1, -0.05) is 12.1 Å². The number of phenols is 1. The van der Waals surface area contributed by atoms with E-state index in [4.69, 9.17) is 4.99 Å². The fourth-order valence-electron chi connectivity index (χ4n) is 3.87. The number of nitrogens with one attached hydrogen (secondary N) is 1. The van der Waals surface area contributed by atoms with Gasteiger partial charge >= 0.3 is 0 Å². The number of carbonyl (C=O) groups is 1. The Labute approximate surface area is 191 Å². The summed E-state index contributed by atoms with van der Waals surface area (Å²) in [5, 5.41) is 12.8. The van der Waals surface area contributed by atoms with Gasteiger partial charge in [-0.3, -0.25) is 9.69 Å². The molecule has 7 nitrogen and oxygen atoms in total. The van der Waals surface area contributed by atoms with Gasteiger partial charge < -0.3 is 20.2 Å². The summed E-state index contributed by atoms with van der Waals surface area (Å²) in [6, 6.07) is 7.12. The average Bonchev–Trinajstić information content (AvgIpc) is 3.26. The van der Waals surface area contributed by atoms with Crippen molar-refractivity contribution in [2.75, 3.05) is 45.8 Å². The summed E-state index contributed by atoms with van der Waals surface area (Å²) in [7, 11) is 0. The normalized spacial score (nSPS) is 19.0. The maximum atomic E-state index is 12.7. The van der Waals surface area contributed by atoms with E-state index in [2.05, 4.69) is 22.0 Å². The van der Waals surface area contributed by atoms with Gasteiger partial charge in [-0.2, -0.15) is 0 Å². The van der Waals surface area contributed by atoms with Crippen LogP contribution in [0.1, 0.15) is 32.3 Å². The van der Waals surface area contributed by atoms with Crippen LogP contribution in [0.4, 0.5) is 0 Å². The van der Waals surface area contributed by atoms with Crippen LogP contribution < -0.4 is 5.32 Å². The van der Waals surface area contributed by atoms with Crippen LogP contribution in [0.15, 0.2) is 29.3 Å². The molecule has 0 bridgehead atoms. The number of likely N-dealkylation sites (tertiary alicyclic amines) is 1. The maximum Gasteiger partial charge on any atom is 0.239 e. The molecule has 1 atom stereocenters. The minimum atomic E-state index is -0.0447. The van der Waals surface area contributed by atoms with Gasteiger partial charge in [0.15, 0.2) is 5.96 Å². The number of guanidine groups is 1. The molecule has 2 heterocycles. The van der Waals surface area contributed by atoms with Crippen molar-refractivity contribution in [3.63, 3.8) is 0 Å². The van der Waals surface area contributed by atoms with Crippen LogP contribution in [-0.4, -0.2) is 83.5 Å². The Hall–Kier alpha value is -1.55. The zero-order valence-corrected chi connectivity index (χ0v) is 19.8. The summed E-state index contributed by atoms with van der Waals surface area (Å²) in [6.45, 7) is 10.8. The highest BCUT2D eigenvalue weighted by atomic mass is 127. The van der Waals surface area contributed by atoms with Crippen molar-refractivity contribution in [3.05, 3.63) is 29.8 Å². The van der Waals surface area contributed by atoms with Crippen molar-refractivity contribution < 1.29 is 9.90 Å². The first-order chi connectivity index (χ1) is 13.6. The van der Waals surface area contributed by atoms with E-state index < -0.39 is 0 Å². The number of aromatic hydroxyl groups is 1. The van der Waals surface area contributed by atoms with E-state index in [1.807, 2.05) is 24.0 Å². The van der Waals surface area contributed by atoms with Gasteiger partial charge in [0.25, 0.3) is 0 Å². The number of piperazine rings is 1. The molecule has 1 aromatic carbocycles. The summed E-state index contributed by atoms with van der Waals surface area (Å²) in [5.41, 5.74) is 1.07. The Balaban J connectivity index is 0.00000300. The molecule has 1 aromatic rings. The molecule has 8 heteroatoms. The number of benzene rings is 1. The van der Waals surface area contributed by atoms with Crippen LogP contribution in [0, 0.1) is 0 Å². The number of aliphatic imine (C=N–C) groups is 1. The lowest BCUT2D eigenvalue weighted by Crippen LogP contribution is -2.57. The Morgan fingerprint density at radius 2 is 1.69 bits per heavy atom. The standard InChI is InChI=1S/C21H33N5O2.HI/c1-3-22-21(23-16-18-6-8-19(27)9-7-18)26-14-12-24(13-15-26)17(2)20(28)25-10-4-5-11-25;/h6-9,17,27H,3-5,10-16H2,1-2H3,(H,22,23);1H. The number of rotatable bonds is 5. The number of amides is 1. The summed E-state index contributed by atoms with van der Waals surface area (Å²) in [5.74, 6) is 1.46. The largest absolute Gasteiger partial charge is 0.508 e. The molecule has 3 rings (SSSR count). The Morgan fingerprint density at radius 3 is 2.28 bits per heavy atom. The van der Waals surface area contributed by atoms with Gasteiger partial charge in [0.1, 0.15) is 5.75 Å². The minimum absolute atomic E-state index is 0. The molecule has 0 radical (unpaired) electrons. The maximum absolute atomic E-state index is 12.7. The van der Waals surface area contributed by atoms with Crippen LogP contribution in [0.5, 0.6) is 5.75 Å². The lowest BCUT2D eigenvalue weighted by atomic mass is 10.2. The van der Waals surface area contributed by atoms with Crippen molar-refractivity contribution in [2.24, 2.45) is 4.99 Å². The Kier molecular flexibility index (Phi) is 9.48. The number of halogens is 1. The molecule has 0 aromatic heterocycles. The van der Waals surface area contributed by atoms with E-state index in [0.717, 1.165) is 70.2 Å². The number of nitrogens with zero attached hydrogens (tertiary/aromatic N) is 4. The van der Waals surface area contributed by atoms with Crippen LogP contribution in [0.2, 0.25) is 0 Å². The van der Waals surface area contributed by atoms with E-state index in [0.29, 0.717) is 6.54 Å². The molecule has 1 amide bonds. The molecular weight excluding hydrogens is 481 g/mol. The van der Waals surface area contributed by atoms with E-state index in [-0.39, 0.29) is 41.7 Å². The van der Waals surface area contributed by atoms with Crippen LogP contribution >= 0.6 is 24.0 Å². The fraction of sp³-hybridized carbons (Fsp3) is 0.619. The second-order valence-corrected chi connectivity index (χ2v) is 7.57. The van der Waals surface area contributed by atoms with Gasteiger partial charge in [0.2, 0.25) is 5.91 Å². The van der Waals surface area contributed by atoms with E-state index in [1.165, 1.54) is 0 Å². The van der Waals surface area contributed by atoms with Gasteiger partial charge in [-0.05, 0) is 44.4 Å². The predicted molar refractivity (Wildman–Crippen MR) is 127 cm³/mol. The first-order valence-electron chi connectivity index (χ1n) is 10.4. The smallest absolute Gasteiger partial charge is 0.239 e. The fourth-order valence-corrected chi connectivity index (χ4v) is 3.87. The van der Waals surface area contributed by atoms with E-state index >= 15 is 0 Å². The average molecular weight is 515 g/mol. The Bertz CT molecular complexity index is 668. The molecule has 2 saturated heterocycles. The van der Waals surface area contributed by atoms with Gasteiger partial charge in [-0.25, -0.2) is 4.99 Å². The highest BCUT2D eigenvalue weighted by Gasteiger charge is 2.30. The second kappa shape index (κ2) is 11.6.